The van der Waals surface area contributed by atoms with E-state index in [1.807, 2.05) is 0 Å². The number of rotatable bonds is 4. The summed E-state index contributed by atoms with van der Waals surface area (Å²) in [6.07, 6.45) is 0. The number of anilines is 1. The number of aliphatic hydroxyl groups is 1. The Morgan fingerprint density at radius 2 is 2.11 bits per heavy atom. The minimum atomic E-state index is -0.322. The van der Waals surface area contributed by atoms with Crippen LogP contribution in [0.4, 0.5) is 10.5 Å². The molecule has 0 saturated heterocycles. The van der Waals surface area contributed by atoms with Gasteiger partial charge in [0.25, 0.3) is 0 Å². The molecule has 0 heterocycles. The van der Waals surface area contributed by atoms with Crippen molar-refractivity contribution in [2.45, 2.75) is 19.9 Å². The van der Waals surface area contributed by atoms with Crippen LogP contribution in [0.1, 0.15) is 24.2 Å². The number of Topliss-reactive ketones (excluding diaryl/α,β-unsaturated/α-hetero) is 1. The van der Waals surface area contributed by atoms with Gasteiger partial charge >= 0.3 is 6.03 Å². The molecular weight excluding hydrogens is 232 g/mol. The van der Waals surface area contributed by atoms with Gasteiger partial charge in [-0.15, -0.1) is 0 Å². The molecule has 0 aliphatic carbocycles. The highest BCUT2D eigenvalue weighted by molar-refractivity contribution is 5.96. The molecule has 1 unspecified atom stereocenters. The lowest BCUT2D eigenvalue weighted by molar-refractivity contribution is 0.101. The van der Waals surface area contributed by atoms with Crippen LogP contribution < -0.4 is 5.32 Å². The molecule has 18 heavy (non-hydrogen) atoms. The Kier molecular flexibility index (Phi) is 4.85. The highest BCUT2D eigenvalue weighted by Gasteiger charge is 2.14. The minimum absolute atomic E-state index is 0.0526. The van der Waals surface area contributed by atoms with E-state index in [0.717, 1.165) is 0 Å². The second-order valence-electron chi connectivity index (χ2n) is 4.21. The van der Waals surface area contributed by atoms with Gasteiger partial charge in [0, 0.05) is 18.3 Å². The van der Waals surface area contributed by atoms with Gasteiger partial charge in [-0.05, 0) is 26.0 Å². The van der Waals surface area contributed by atoms with Crippen molar-refractivity contribution in [3.63, 3.8) is 0 Å². The number of ketones is 1. The second-order valence-corrected chi connectivity index (χ2v) is 4.21. The Morgan fingerprint density at radius 1 is 1.44 bits per heavy atom. The number of amides is 2. The van der Waals surface area contributed by atoms with Gasteiger partial charge in [0.1, 0.15) is 0 Å². The topological polar surface area (TPSA) is 69.6 Å². The summed E-state index contributed by atoms with van der Waals surface area (Å²) in [5.74, 6) is -0.0526. The summed E-state index contributed by atoms with van der Waals surface area (Å²) in [6, 6.07) is 6.15. The standard InChI is InChI=1S/C13H18N2O3/c1-9(8-16)15(3)13(18)14-12-6-4-5-11(7-12)10(2)17/h4-7,9,16H,8H2,1-3H3,(H,14,18). The van der Waals surface area contributed by atoms with Crippen molar-refractivity contribution >= 4 is 17.5 Å². The van der Waals surface area contributed by atoms with Gasteiger partial charge in [0.15, 0.2) is 5.78 Å². The van der Waals surface area contributed by atoms with Crippen LogP contribution in [0.3, 0.4) is 0 Å². The summed E-state index contributed by atoms with van der Waals surface area (Å²) in [5, 5.41) is 11.6. The largest absolute Gasteiger partial charge is 0.394 e. The number of carbonyl (C=O) groups excluding carboxylic acids is 2. The molecule has 1 aromatic carbocycles. The molecule has 98 valence electrons. The lowest BCUT2D eigenvalue weighted by Gasteiger charge is -2.23. The van der Waals surface area contributed by atoms with Gasteiger partial charge in [-0.3, -0.25) is 4.79 Å². The number of likely N-dealkylation sites (N-methyl/N-ethyl adjacent to an activating group) is 1. The minimum Gasteiger partial charge on any atom is -0.394 e. The van der Waals surface area contributed by atoms with E-state index in [9.17, 15) is 9.59 Å². The smallest absolute Gasteiger partial charge is 0.321 e. The van der Waals surface area contributed by atoms with Crippen LogP contribution in [-0.2, 0) is 0 Å². The third-order valence-corrected chi connectivity index (χ3v) is 2.77. The lowest BCUT2D eigenvalue weighted by atomic mass is 10.1. The van der Waals surface area contributed by atoms with Crippen LogP contribution in [0, 0.1) is 0 Å². The zero-order chi connectivity index (χ0) is 13.7. The monoisotopic (exact) mass is 250 g/mol. The first kappa shape index (κ1) is 14.2. The Labute approximate surface area is 106 Å². The van der Waals surface area contributed by atoms with Crippen LogP contribution >= 0.6 is 0 Å². The SMILES string of the molecule is CC(=O)c1cccc(NC(=O)N(C)C(C)CO)c1. The molecule has 0 aliphatic rings. The zero-order valence-electron chi connectivity index (χ0n) is 10.8. The lowest BCUT2D eigenvalue weighted by Crippen LogP contribution is -2.40. The van der Waals surface area contributed by atoms with Gasteiger partial charge in [-0.2, -0.15) is 0 Å². The Morgan fingerprint density at radius 3 is 2.67 bits per heavy atom. The fourth-order valence-corrected chi connectivity index (χ4v) is 1.35. The van der Waals surface area contributed by atoms with Crippen LogP contribution in [0.5, 0.6) is 0 Å². The first-order chi connectivity index (χ1) is 8.45. The van der Waals surface area contributed by atoms with E-state index in [1.165, 1.54) is 11.8 Å². The van der Waals surface area contributed by atoms with Crippen molar-refractivity contribution in [1.82, 2.24) is 4.90 Å². The van der Waals surface area contributed by atoms with Gasteiger partial charge in [0.2, 0.25) is 0 Å². The molecule has 0 aromatic heterocycles. The highest BCUT2D eigenvalue weighted by Crippen LogP contribution is 2.12. The highest BCUT2D eigenvalue weighted by atomic mass is 16.3. The molecule has 1 atom stereocenters. The zero-order valence-corrected chi connectivity index (χ0v) is 10.8. The summed E-state index contributed by atoms with van der Waals surface area (Å²) < 4.78 is 0. The molecule has 2 amide bonds. The van der Waals surface area contributed by atoms with Crippen molar-refractivity contribution in [2.24, 2.45) is 0 Å². The molecule has 0 aliphatic heterocycles. The number of benzene rings is 1. The van der Waals surface area contributed by atoms with Crippen LogP contribution in [-0.4, -0.2) is 41.5 Å². The third-order valence-electron chi connectivity index (χ3n) is 2.77. The van der Waals surface area contributed by atoms with Gasteiger partial charge in [-0.25, -0.2) is 4.79 Å². The quantitative estimate of drug-likeness (QED) is 0.800. The second kappa shape index (κ2) is 6.16. The number of nitrogens with zero attached hydrogens (tertiary/aromatic N) is 1. The molecule has 0 saturated carbocycles. The predicted octanol–water partition coefficient (Wildman–Crippen LogP) is 1.73. The molecule has 5 heteroatoms. The number of hydrogen-bond donors (Lipinski definition) is 2. The predicted molar refractivity (Wildman–Crippen MR) is 69.8 cm³/mol. The van der Waals surface area contributed by atoms with E-state index in [4.69, 9.17) is 5.11 Å². The third kappa shape index (κ3) is 3.56. The van der Waals surface area contributed by atoms with Crippen LogP contribution in [0.2, 0.25) is 0 Å². The van der Waals surface area contributed by atoms with Crippen molar-refractivity contribution in [2.75, 3.05) is 19.0 Å². The van der Waals surface area contributed by atoms with E-state index < -0.39 is 0 Å². The van der Waals surface area contributed by atoms with E-state index >= 15 is 0 Å². The van der Waals surface area contributed by atoms with Gasteiger partial charge in [0.05, 0.1) is 12.6 Å². The molecule has 2 N–H and O–H groups in total. The number of nitrogens with one attached hydrogen (secondary N) is 1. The van der Waals surface area contributed by atoms with Crippen molar-refractivity contribution < 1.29 is 14.7 Å². The maximum atomic E-state index is 11.8. The number of aliphatic hydroxyl groups excluding tert-OH is 1. The summed E-state index contributed by atoms with van der Waals surface area (Å²) >= 11 is 0. The molecule has 0 fully saturated rings. The summed E-state index contributed by atoms with van der Waals surface area (Å²) in [7, 11) is 1.60. The van der Waals surface area contributed by atoms with E-state index in [0.29, 0.717) is 11.3 Å². The van der Waals surface area contributed by atoms with E-state index in [2.05, 4.69) is 5.32 Å². The summed E-state index contributed by atoms with van der Waals surface area (Å²) in [4.78, 5) is 24.4. The van der Waals surface area contributed by atoms with Gasteiger partial charge in [-0.1, -0.05) is 12.1 Å². The number of carbonyl (C=O) groups is 2. The van der Waals surface area contributed by atoms with Crippen molar-refractivity contribution in [1.29, 1.82) is 0 Å². The van der Waals surface area contributed by atoms with Crippen molar-refractivity contribution in [3.05, 3.63) is 29.8 Å². The Hall–Kier alpha value is -1.88. The van der Waals surface area contributed by atoms with E-state index in [1.54, 1.807) is 38.2 Å². The van der Waals surface area contributed by atoms with Crippen LogP contribution in [0.15, 0.2) is 24.3 Å². The molecule has 1 aromatic rings. The van der Waals surface area contributed by atoms with Gasteiger partial charge < -0.3 is 15.3 Å². The molecule has 1 rings (SSSR count). The molecule has 0 bridgehead atoms. The fourth-order valence-electron chi connectivity index (χ4n) is 1.35. The normalized spacial score (nSPS) is 11.8. The maximum Gasteiger partial charge on any atom is 0.321 e. The Bertz CT molecular complexity index is 446. The first-order valence-electron chi connectivity index (χ1n) is 5.71. The molecule has 0 radical (unpaired) electrons. The first-order valence-corrected chi connectivity index (χ1v) is 5.71. The molecule has 5 nitrogen and oxygen atoms in total. The molecular formula is C13H18N2O3. The van der Waals surface area contributed by atoms with Crippen molar-refractivity contribution in [3.8, 4) is 0 Å². The average molecular weight is 250 g/mol. The molecule has 0 spiro atoms. The van der Waals surface area contributed by atoms with E-state index in [-0.39, 0.29) is 24.5 Å². The summed E-state index contributed by atoms with van der Waals surface area (Å²) in [5.41, 5.74) is 1.11. The maximum absolute atomic E-state index is 11.8. The number of urea groups is 1. The number of hydrogen-bond acceptors (Lipinski definition) is 3. The fraction of sp³-hybridized carbons (Fsp3) is 0.385. The van der Waals surface area contributed by atoms with Crippen LogP contribution in [0.25, 0.3) is 0 Å². The summed E-state index contributed by atoms with van der Waals surface area (Å²) in [6.45, 7) is 3.11. The average Bonchev–Trinajstić information content (AvgIpc) is 2.37. The Balaban J connectivity index is 2.76.